The molecule has 0 amide bonds. The number of hydrogen-bond acceptors (Lipinski definition) is 6. The maximum Gasteiger partial charge on any atom is 0.306 e. The van der Waals surface area contributed by atoms with Gasteiger partial charge in [0.05, 0.1) is 0 Å². The number of rotatable bonds is 43. The van der Waals surface area contributed by atoms with Crippen molar-refractivity contribution in [1.29, 1.82) is 0 Å². The fourth-order valence-electron chi connectivity index (χ4n) is 7.25. The monoisotopic (exact) mass is 779 g/mol. The van der Waals surface area contributed by atoms with Gasteiger partial charge in [0.15, 0.2) is 6.10 Å². The van der Waals surface area contributed by atoms with Crippen molar-refractivity contribution in [3.05, 3.63) is 0 Å². The smallest absolute Gasteiger partial charge is 0.306 e. The summed E-state index contributed by atoms with van der Waals surface area (Å²) in [5.41, 5.74) is 0. The number of ether oxygens (including phenoxy) is 3. The summed E-state index contributed by atoms with van der Waals surface area (Å²) in [5.74, 6) is 0.823. The van der Waals surface area contributed by atoms with Gasteiger partial charge in [-0.15, -0.1) is 0 Å². The van der Waals surface area contributed by atoms with Gasteiger partial charge in [-0.3, -0.25) is 14.4 Å². The summed E-state index contributed by atoms with van der Waals surface area (Å²) in [4.78, 5) is 37.8. The van der Waals surface area contributed by atoms with Gasteiger partial charge in [0, 0.05) is 19.3 Å². The van der Waals surface area contributed by atoms with Crippen LogP contribution in [-0.2, 0) is 28.6 Å². The summed E-state index contributed by atoms with van der Waals surface area (Å²) in [6, 6.07) is 0. The van der Waals surface area contributed by atoms with E-state index in [0.717, 1.165) is 69.6 Å². The lowest BCUT2D eigenvalue weighted by molar-refractivity contribution is -0.167. The van der Waals surface area contributed by atoms with E-state index in [-0.39, 0.29) is 31.1 Å². The molecular weight excluding hydrogens is 685 g/mol. The molecule has 0 aliphatic rings. The molecule has 55 heavy (non-hydrogen) atoms. The van der Waals surface area contributed by atoms with Gasteiger partial charge in [-0.2, -0.15) is 0 Å². The Labute approximate surface area is 342 Å². The molecule has 0 aromatic carbocycles. The third kappa shape index (κ3) is 41.9. The van der Waals surface area contributed by atoms with Crippen molar-refractivity contribution >= 4 is 17.9 Å². The summed E-state index contributed by atoms with van der Waals surface area (Å²) in [6.45, 7) is 11.4. The Morgan fingerprint density at radius 2 is 0.691 bits per heavy atom. The van der Waals surface area contributed by atoms with Gasteiger partial charge in [-0.25, -0.2) is 0 Å². The first-order valence-electron chi connectivity index (χ1n) is 24.3. The van der Waals surface area contributed by atoms with Crippen molar-refractivity contribution < 1.29 is 28.6 Å². The third-order valence-corrected chi connectivity index (χ3v) is 11.3. The molecule has 0 rings (SSSR count). The van der Waals surface area contributed by atoms with E-state index in [9.17, 15) is 14.4 Å². The van der Waals surface area contributed by atoms with E-state index in [2.05, 4.69) is 34.6 Å². The van der Waals surface area contributed by atoms with Crippen molar-refractivity contribution in [3.8, 4) is 0 Å². The molecule has 6 heteroatoms. The van der Waals surface area contributed by atoms with Crippen molar-refractivity contribution in [2.24, 2.45) is 11.8 Å². The number of esters is 3. The van der Waals surface area contributed by atoms with Crippen LogP contribution < -0.4 is 0 Å². The minimum Gasteiger partial charge on any atom is -0.462 e. The topological polar surface area (TPSA) is 78.9 Å². The van der Waals surface area contributed by atoms with Gasteiger partial charge in [-0.1, -0.05) is 227 Å². The Bertz CT molecular complexity index is 841. The minimum absolute atomic E-state index is 0.0646. The second kappa shape index (κ2) is 42.0. The molecule has 326 valence electrons. The standard InChI is InChI=1S/C49H94O6/c1-6-8-9-10-11-12-18-24-29-34-39-47(50)53-42-46(55-49(52)41-36-31-26-21-20-23-28-33-38-45(5)7-2)43-54-48(51)40-35-30-25-19-16-14-13-15-17-22-27-32-37-44(3)4/h44-46H,6-43H2,1-5H3/t45?,46-/m0/s1. The molecule has 0 spiro atoms. The first-order chi connectivity index (χ1) is 26.8. The maximum absolute atomic E-state index is 12.7. The lowest BCUT2D eigenvalue weighted by atomic mass is 9.99. The third-order valence-electron chi connectivity index (χ3n) is 11.3. The molecule has 0 bridgehead atoms. The van der Waals surface area contributed by atoms with Crippen LogP contribution in [0.25, 0.3) is 0 Å². The average Bonchev–Trinajstić information content (AvgIpc) is 3.17. The molecule has 2 atom stereocenters. The summed E-state index contributed by atoms with van der Waals surface area (Å²) in [6.07, 6.45) is 40.8. The molecule has 0 aliphatic carbocycles. The molecule has 0 saturated carbocycles. The maximum atomic E-state index is 12.7. The van der Waals surface area contributed by atoms with Gasteiger partial charge in [0.25, 0.3) is 0 Å². The highest BCUT2D eigenvalue weighted by Gasteiger charge is 2.19. The molecule has 6 nitrogen and oxygen atoms in total. The first-order valence-corrected chi connectivity index (χ1v) is 24.3. The molecule has 1 unspecified atom stereocenters. The van der Waals surface area contributed by atoms with Crippen LogP contribution in [-0.4, -0.2) is 37.2 Å². The van der Waals surface area contributed by atoms with Gasteiger partial charge in [0.1, 0.15) is 13.2 Å². The molecule has 0 radical (unpaired) electrons. The van der Waals surface area contributed by atoms with E-state index in [0.29, 0.717) is 19.3 Å². The lowest BCUT2D eigenvalue weighted by Gasteiger charge is -2.18. The zero-order valence-corrected chi connectivity index (χ0v) is 37.6. The number of unbranched alkanes of at least 4 members (excludes halogenated alkanes) is 27. The van der Waals surface area contributed by atoms with E-state index in [1.807, 2.05) is 0 Å². The Balaban J connectivity index is 4.31. The second-order valence-corrected chi connectivity index (χ2v) is 17.5. The van der Waals surface area contributed by atoms with E-state index < -0.39 is 6.10 Å². The van der Waals surface area contributed by atoms with Crippen LogP contribution in [0.2, 0.25) is 0 Å². The van der Waals surface area contributed by atoms with Gasteiger partial charge in [-0.05, 0) is 31.1 Å². The van der Waals surface area contributed by atoms with Crippen molar-refractivity contribution in [1.82, 2.24) is 0 Å². The summed E-state index contributed by atoms with van der Waals surface area (Å²) < 4.78 is 16.7. The van der Waals surface area contributed by atoms with Crippen LogP contribution >= 0.6 is 0 Å². The molecule has 0 aromatic heterocycles. The van der Waals surface area contributed by atoms with Gasteiger partial charge in [0.2, 0.25) is 0 Å². The summed E-state index contributed by atoms with van der Waals surface area (Å²) in [5, 5.41) is 0. The predicted molar refractivity (Wildman–Crippen MR) is 233 cm³/mol. The molecule has 0 N–H and O–H groups in total. The summed E-state index contributed by atoms with van der Waals surface area (Å²) >= 11 is 0. The average molecular weight is 779 g/mol. The van der Waals surface area contributed by atoms with Crippen LogP contribution in [0.4, 0.5) is 0 Å². The Hall–Kier alpha value is -1.59. The van der Waals surface area contributed by atoms with E-state index >= 15 is 0 Å². The number of carbonyl (C=O) groups excluding carboxylic acids is 3. The zero-order valence-electron chi connectivity index (χ0n) is 37.6. The molecule has 0 fully saturated rings. The Morgan fingerprint density at radius 3 is 1.04 bits per heavy atom. The summed E-state index contributed by atoms with van der Waals surface area (Å²) in [7, 11) is 0. The van der Waals surface area contributed by atoms with Crippen LogP contribution in [0.1, 0.15) is 266 Å². The number of hydrogen-bond donors (Lipinski definition) is 0. The predicted octanol–water partition coefficient (Wildman–Crippen LogP) is 15.4. The molecular formula is C49H94O6. The second-order valence-electron chi connectivity index (χ2n) is 17.5. The lowest BCUT2D eigenvalue weighted by Crippen LogP contribution is -2.30. The van der Waals surface area contributed by atoms with Crippen LogP contribution in [0.3, 0.4) is 0 Å². The van der Waals surface area contributed by atoms with Crippen molar-refractivity contribution in [3.63, 3.8) is 0 Å². The highest BCUT2D eigenvalue weighted by Crippen LogP contribution is 2.17. The number of carbonyl (C=O) groups is 3. The van der Waals surface area contributed by atoms with Crippen molar-refractivity contribution in [2.75, 3.05) is 13.2 Å². The first kappa shape index (κ1) is 53.4. The van der Waals surface area contributed by atoms with Crippen LogP contribution in [0, 0.1) is 11.8 Å². The molecule has 0 saturated heterocycles. The normalized spacial score (nSPS) is 12.5. The highest BCUT2D eigenvalue weighted by molar-refractivity contribution is 5.71. The van der Waals surface area contributed by atoms with Crippen LogP contribution in [0.5, 0.6) is 0 Å². The fourth-order valence-corrected chi connectivity index (χ4v) is 7.25. The zero-order chi connectivity index (χ0) is 40.5. The quantitative estimate of drug-likeness (QED) is 0.0348. The Kier molecular flexibility index (Phi) is 40.8. The van der Waals surface area contributed by atoms with Crippen molar-refractivity contribution in [2.45, 2.75) is 272 Å². The molecule has 0 heterocycles. The fraction of sp³-hybridized carbons (Fsp3) is 0.939. The minimum atomic E-state index is -0.761. The largest absolute Gasteiger partial charge is 0.462 e. The molecule has 0 aliphatic heterocycles. The van der Waals surface area contributed by atoms with Gasteiger partial charge >= 0.3 is 17.9 Å². The van der Waals surface area contributed by atoms with E-state index in [1.54, 1.807) is 0 Å². The molecule has 0 aromatic rings. The van der Waals surface area contributed by atoms with E-state index in [4.69, 9.17) is 14.2 Å². The Morgan fingerprint density at radius 1 is 0.382 bits per heavy atom. The SMILES string of the molecule is CCCCCCCCCCCCC(=O)OC[C@@H](COC(=O)CCCCCCCCCCCCCCC(C)C)OC(=O)CCCCCCCCCCC(C)CC. The van der Waals surface area contributed by atoms with Gasteiger partial charge < -0.3 is 14.2 Å². The van der Waals surface area contributed by atoms with Crippen LogP contribution in [0.15, 0.2) is 0 Å². The highest BCUT2D eigenvalue weighted by atomic mass is 16.6. The van der Waals surface area contributed by atoms with E-state index in [1.165, 1.54) is 154 Å².